The third-order valence-corrected chi connectivity index (χ3v) is 3.70. The van der Waals surface area contributed by atoms with E-state index in [1.54, 1.807) is 28.6 Å². The summed E-state index contributed by atoms with van der Waals surface area (Å²) in [7, 11) is 1.57. The molecular formula is C14H20N6O2. The molecule has 0 saturated heterocycles. The van der Waals surface area contributed by atoms with E-state index in [-0.39, 0.29) is 5.69 Å². The summed E-state index contributed by atoms with van der Waals surface area (Å²) in [4.78, 5) is 20.4. The monoisotopic (exact) mass is 304 g/mol. The van der Waals surface area contributed by atoms with Crippen molar-refractivity contribution in [3.05, 3.63) is 28.6 Å². The highest BCUT2D eigenvalue weighted by atomic mass is 16.5. The first-order valence-electron chi connectivity index (χ1n) is 7.55. The Morgan fingerprint density at radius 2 is 2.32 bits per heavy atom. The first-order valence-corrected chi connectivity index (χ1v) is 7.55. The number of aryl methyl sites for hydroxylation is 2. The Kier molecular flexibility index (Phi) is 4.36. The number of nitrogens with one attached hydrogen (secondary N) is 1. The predicted molar refractivity (Wildman–Crippen MR) is 81.1 cm³/mol. The van der Waals surface area contributed by atoms with Gasteiger partial charge >= 0.3 is 5.69 Å². The molecule has 2 aromatic rings. The fourth-order valence-corrected chi connectivity index (χ4v) is 2.56. The van der Waals surface area contributed by atoms with Crippen molar-refractivity contribution in [1.29, 1.82) is 0 Å². The van der Waals surface area contributed by atoms with E-state index in [1.165, 1.54) is 0 Å². The van der Waals surface area contributed by atoms with E-state index in [1.807, 2.05) is 0 Å². The molecular weight excluding hydrogens is 284 g/mol. The van der Waals surface area contributed by atoms with Crippen LogP contribution in [-0.4, -0.2) is 38.0 Å². The van der Waals surface area contributed by atoms with Crippen molar-refractivity contribution < 1.29 is 4.74 Å². The van der Waals surface area contributed by atoms with Crippen LogP contribution in [0.1, 0.15) is 25.1 Å². The fraction of sp³-hybridized carbons (Fsp3) is 0.571. The number of aromatic nitrogens is 5. The molecule has 22 heavy (non-hydrogen) atoms. The molecule has 1 aliphatic rings. The van der Waals surface area contributed by atoms with E-state index in [0.717, 1.165) is 38.1 Å². The zero-order valence-electron chi connectivity index (χ0n) is 12.7. The lowest BCUT2D eigenvalue weighted by atomic mass is 10.2. The van der Waals surface area contributed by atoms with Crippen molar-refractivity contribution in [3.63, 3.8) is 0 Å². The van der Waals surface area contributed by atoms with E-state index in [2.05, 4.69) is 20.4 Å². The molecule has 8 nitrogen and oxygen atoms in total. The van der Waals surface area contributed by atoms with E-state index in [9.17, 15) is 4.79 Å². The van der Waals surface area contributed by atoms with Crippen molar-refractivity contribution in [3.8, 4) is 5.88 Å². The molecule has 2 aromatic heterocycles. The Labute approximate surface area is 128 Å². The summed E-state index contributed by atoms with van der Waals surface area (Å²) < 4.78 is 8.40. The van der Waals surface area contributed by atoms with Crippen LogP contribution in [0.15, 0.2) is 17.1 Å². The molecule has 0 aromatic carbocycles. The summed E-state index contributed by atoms with van der Waals surface area (Å²) in [5.74, 6) is 1.96. The second-order valence-electron chi connectivity index (χ2n) is 5.23. The summed E-state index contributed by atoms with van der Waals surface area (Å²) >= 11 is 0. The first kappa shape index (κ1) is 14.6. The highest BCUT2D eigenvalue weighted by Crippen LogP contribution is 2.09. The van der Waals surface area contributed by atoms with Crippen LogP contribution in [0, 0.1) is 0 Å². The SMILES string of the molecule is COc1ccnc(NCCCn2nc3n(c2=O)CCCC3)n1. The molecule has 3 heterocycles. The van der Waals surface area contributed by atoms with Gasteiger partial charge in [0.25, 0.3) is 0 Å². The third-order valence-electron chi connectivity index (χ3n) is 3.70. The fourth-order valence-electron chi connectivity index (χ4n) is 2.56. The van der Waals surface area contributed by atoms with Crippen molar-refractivity contribution in [2.24, 2.45) is 0 Å². The molecule has 8 heteroatoms. The smallest absolute Gasteiger partial charge is 0.345 e. The van der Waals surface area contributed by atoms with Gasteiger partial charge in [-0.1, -0.05) is 0 Å². The molecule has 0 amide bonds. The van der Waals surface area contributed by atoms with E-state index >= 15 is 0 Å². The van der Waals surface area contributed by atoms with Crippen LogP contribution in [0.2, 0.25) is 0 Å². The molecule has 0 bridgehead atoms. The van der Waals surface area contributed by atoms with Gasteiger partial charge in [-0.3, -0.25) is 4.57 Å². The minimum atomic E-state index is 0.00679. The second-order valence-corrected chi connectivity index (χ2v) is 5.23. The lowest BCUT2D eigenvalue weighted by molar-refractivity contribution is 0.397. The summed E-state index contributed by atoms with van der Waals surface area (Å²) in [6.45, 7) is 2.06. The van der Waals surface area contributed by atoms with Crippen molar-refractivity contribution in [2.45, 2.75) is 38.8 Å². The van der Waals surface area contributed by atoms with Gasteiger partial charge in [0.1, 0.15) is 5.82 Å². The number of rotatable bonds is 6. The molecule has 0 saturated carbocycles. The van der Waals surface area contributed by atoms with Crippen LogP contribution >= 0.6 is 0 Å². The number of methoxy groups -OCH3 is 1. The number of anilines is 1. The van der Waals surface area contributed by atoms with Crippen molar-refractivity contribution in [1.82, 2.24) is 24.3 Å². The maximum Gasteiger partial charge on any atom is 0.345 e. The van der Waals surface area contributed by atoms with Gasteiger partial charge in [-0.15, -0.1) is 0 Å². The van der Waals surface area contributed by atoms with Crippen LogP contribution in [0.3, 0.4) is 0 Å². The summed E-state index contributed by atoms with van der Waals surface area (Å²) in [6.07, 6.45) is 5.50. The van der Waals surface area contributed by atoms with Crippen molar-refractivity contribution in [2.75, 3.05) is 19.0 Å². The highest BCUT2D eigenvalue weighted by molar-refractivity contribution is 5.26. The molecule has 0 unspecified atom stereocenters. The van der Waals surface area contributed by atoms with Gasteiger partial charge in [-0.25, -0.2) is 14.5 Å². The summed E-state index contributed by atoms with van der Waals surface area (Å²) in [6, 6.07) is 1.69. The molecule has 1 N–H and O–H groups in total. The zero-order chi connectivity index (χ0) is 15.4. The Morgan fingerprint density at radius 3 is 3.14 bits per heavy atom. The van der Waals surface area contributed by atoms with Gasteiger partial charge < -0.3 is 10.1 Å². The average Bonchev–Trinajstić information content (AvgIpc) is 2.88. The summed E-state index contributed by atoms with van der Waals surface area (Å²) in [5.41, 5.74) is 0.00679. The van der Waals surface area contributed by atoms with E-state index < -0.39 is 0 Å². The average molecular weight is 304 g/mol. The van der Waals surface area contributed by atoms with Gasteiger partial charge in [0, 0.05) is 38.3 Å². The molecule has 1 aliphatic heterocycles. The van der Waals surface area contributed by atoms with E-state index in [0.29, 0.717) is 24.9 Å². The van der Waals surface area contributed by atoms with Crippen LogP contribution in [0.25, 0.3) is 0 Å². The molecule has 0 spiro atoms. The van der Waals surface area contributed by atoms with Gasteiger partial charge in [0.2, 0.25) is 11.8 Å². The number of fused-ring (bicyclic) bond motifs is 1. The molecule has 3 rings (SSSR count). The standard InChI is InChI=1S/C14H20N6O2/c1-22-12-6-8-16-13(17-12)15-7-4-10-20-14(21)19-9-3-2-5-11(19)18-20/h6,8H,2-5,7,9-10H2,1H3,(H,15,16,17). The molecule has 0 aliphatic carbocycles. The third kappa shape index (κ3) is 3.10. The Morgan fingerprint density at radius 1 is 1.41 bits per heavy atom. The van der Waals surface area contributed by atoms with Crippen LogP contribution in [0.4, 0.5) is 5.95 Å². The Bertz CT molecular complexity index is 693. The number of hydrogen-bond acceptors (Lipinski definition) is 6. The molecule has 0 atom stereocenters. The first-order chi connectivity index (χ1) is 10.8. The summed E-state index contributed by atoms with van der Waals surface area (Å²) in [5, 5.41) is 7.53. The van der Waals surface area contributed by atoms with Gasteiger partial charge in [0.15, 0.2) is 0 Å². The lowest BCUT2D eigenvalue weighted by Gasteiger charge is -2.09. The maximum atomic E-state index is 12.2. The predicted octanol–water partition coefficient (Wildman–Crippen LogP) is 0.682. The minimum Gasteiger partial charge on any atom is -0.481 e. The van der Waals surface area contributed by atoms with Crippen LogP contribution < -0.4 is 15.7 Å². The number of nitrogens with zero attached hydrogens (tertiary/aromatic N) is 5. The van der Waals surface area contributed by atoms with Crippen LogP contribution in [-0.2, 0) is 19.5 Å². The number of hydrogen-bond donors (Lipinski definition) is 1. The quantitative estimate of drug-likeness (QED) is 0.790. The Balaban J connectivity index is 1.53. The van der Waals surface area contributed by atoms with Crippen molar-refractivity contribution >= 4 is 5.95 Å². The van der Waals surface area contributed by atoms with Gasteiger partial charge in [0.05, 0.1) is 7.11 Å². The molecule has 0 radical (unpaired) electrons. The maximum absolute atomic E-state index is 12.2. The van der Waals surface area contributed by atoms with Gasteiger partial charge in [-0.05, 0) is 19.3 Å². The normalized spacial score (nSPS) is 13.7. The minimum absolute atomic E-state index is 0.00679. The van der Waals surface area contributed by atoms with E-state index in [4.69, 9.17) is 4.74 Å². The second kappa shape index (κ2) is 6.59. The molecule has 118 valence electrons. The van der Waals surface area contributed by atoms with Gasteiger partial charge in [-0.2, -0.15) is 10.1 Å². The largest absolute Gasteiger partial charge is 0.481 e. The Hall–Kier alpha value is -2.38. The molecule has 0 fully saturated rings. The zero-order valence-corrected chi connectivity index (χ0v) is 12.7. The lowest BCUT2D eigenvalue weighted by Crippen LogP contribution is -2.27. The van der Waals surface area contributed by atoms with Crippen LogP contribution in [0.5, 0.6) is 5.88 Å². The highest BCUT2D eigenvalue weighted by Gasteiger charge is 2.16. The topological polar surface area (TPSA) is 86.9 Å². The number of ether oxygens (including phenoxy) is 1.